The van der Waals surface area contributed by atoms with E-state index < -0.39 is 28.0 Å². The molecule has 0 spiro atoms. The van der Waals surface area contributed by atoms with Gasteiger partial charge in [0.15, 0.2) is 17.6 Å². The number of esters is 1. The van der Waals surface area contributed by atoms with Gasteiger partial charge in [-0.2, -0.15) is 4.31 Å². The van der Waals surface area contributed by atoms with Crippen LogP contribution < -0.4 is 14.8 Å². The molecule has 2 aliphatic rings. The lowest BCUT2D eigenvalue weighted by Crippen LogP contribution is -2.40. The van der Waals surface area contributed by atoms with Gasteiger partial charge in [0.2, 0.25) is 10.0 Å². The van der Waals surface area contributed by atoms with Crippen molar-refractivity contribution < 1.29 is 37.0 Å². The van der Waals surface area contributed by atoms with E-state index in [0.717, 1.165) is 0 Å². The van der Waals surface area contributed by atoms with Crippen molar-refractivity contribution in [2.75, 3.05) is 44.8 Å². The molecule has 1 N–H and O–H groups in total. The third-order valence-electron chi connectivity index (χ3n) is 5.14. The Bertz CT molecular complexity index is 1140. The predicted molar refractivity (Wildman–Crippen MR) is 117 cm³/mol. The number of nitrogens with one attached hydrogen (secondary N) is 1. The number of hydrogen-bond donors (Lipinski definition) is 1. The number of benzene rings is 2. The molecular weight excluding hydrogens is 452 g/mol. The van der Waals surface area contributed by atoms with Gasteiger partial charge in [-0.15, -0.1) is 0 Å². The number of fused-ring (bicyclic) bond motifs is 1. The summed E-state index contributed by atoms with van der Waals surface area (Å²) in [6, 6.07) is 10.6. The van der Waals surface area contributed by atoms with Crippen molar-refractivity contribution in [3.05, 3.63) is 48.0 Å². The Morgan fingerprint density at radius 3 is 2.48 bits per heavy atom. The number of amides is 1. The van der Waals surface area contributed by atoms with E-state index in [-0.39, 0.29) is 29.2 Å². The average Bonchev–Trinajstić information content (AvgIpc) is 2.84. The number of hydrogen-bond acceptors (Lipinski definition) is 8. The van der Waals surface area contributed by atoms with E-state index in [9.17, 15) is 18.0 Å². The molecule has 0 unspecified atom stereocenters. The zero-order valence-corrected chi connectivity index (χ0v) is 18.8. The molecule has 0 bridgehead atoms. The molecule has 0 aliphatic carbocycles. The summed E-state index contributed by atoms with van der Waals surface area (Å²) in [5, 5.41) is 2.60. The van der Waals surface area contributed by atoms with E-state index in [1.54, 1.807) is 12.1 Å². The minimum Gasteiger partial charge on any atom is -0.486 e. The van der Waals surface area contributed by atoms with Crippen molar-refractivity contribution in [3.8, 4) is 11.5 Å². The van der Waals surface area contributed by atoms with Gasteiger partial charge in [-0.25, -0.2) is 13.2 Å². The second-order valence-corrected chi connectivity index (χ2v) is 9.38. The molecule has 33 heavy (non-hydrogen) atoms. The van der Waals surface area contributed by atoms with Crippen LogP contribution in [0.2, 0.25) is 0 Å². The lowest BCUT2D eigenvalue weighted by atomic mass is 10.2. The maximum Gasteiger partial charge on any atom is 0.339 e. The highest BCUT2D eigenvalue weighted by Crippen LogP contribution is 2.31. The number of ether oxygens (including phenoxy) is 4. The van der Waals surface area contributed by atoms with E-state index in [1.807, 2.05) is 0 Å². The van der Waals surface area contributed by atoms with E-state index in [2.05, 4.69) is 5.32 Å². The first-order valence-electron chi connectivity index (χ1n) is 10.4. The van der Waals surface area contributed by atoms with Crippen LogP contribution in [0.3, 0.4) is 0 Å². The average molecular weight is 477 g/mol. The second-order valence-electron chi connectivity index (χ2n) is 7.44. The third-order valence-corrected chi connectivity index (χ3v) is 7.03. The summed E-state index contributed by atoms with van der Waals surface area (Å²) in [4.78, 5) is 25.1. The monoisotopic (exact) mass is 476 g/mol. The molecule has 0 saturated carbocycles. The number of anilines is 1. The van der Waals surface area contributed by atoms with Crippen LogP contribution in [0.25, 0.3) is 0 Å². The Morgan fingerprint density at radius 2 is 1.73 bits per heavy atom. The van der Waals surface area contributed by atoms with Crippen molar-refractivity contribution in [2.45, 2.75) is 17.9 Å². The minimum atomic E-state index is -3.71. The molecule has 4 rings (SSSR count). The molecule has 1 atom stereocenters. The topological polar surface area (TPSA) is 120 Å². The van der Waals surface area contributed by atoms with Crippen LogP contribution in [-0.4, -0.2) is 70.2 Å². The van der Waals surface area contributed by atoms with Gasteiger partial charge in [-0.1, -0.05) is 6.07 Å². The second kappa shape index (κ2) is 9.77. The molecule has 0 aromatic heterocycles. The largest absolute Gasteiger partial charge is 0.486 e. The summed E-state index contributed by atoms with van der Waals surface area (Å²) in [6.45, 7) is 3.45. The van der Waals surface area contributed by atoms with Gasteiger partial charge in [-0.3, -0.25) is 4.79 Å². The van der Waals surface area contributed by atoms with Crippen molar-refractivity contribution in [2.24, 2.45) is 0 Å². The highest BCUT2D eigenvalue weighted by molar-refractivity contribution is 7.89. The highest BCUT2D eigenvalue weighted by Gasteiger charge is 2.27. The first-order chi connectivity index (χ1) is 15.8. The standard InChI is InChI=1S/C22H24N2O8S/c1-15(32-22(26)16-5-6-19-20(13-16)31-12-11-30-19)21(25)23-17-3-2-4-18(14-17)33(27,28)24-7-9-29-10-8-24/h2-6,13-15H,7-12H2,1H3,(H,23,25)/t15-/m0/s1. The minimum absolute atomic E-state index is 0.0585. The maximum atomic E-state index is 12.8. The van der Waals surface area contributed by atoms with Crippen LogP contribution in [-0.2, 0) is 24.3 Å². The van der Waals surface area contributed by atoms with Crippen molar-refractivity contribution in [3.63, 3.8) is 0 Å². The number of carbonyl (C=O) groups excluding carboxylic acids is 2. The number of morpholine rings is 1. The van der Waals surface area contributed by atoms with Crippen LogP contribution >= 0.6 is 0 Å². The molecule has 11 heteroatoms. The number of carbonyl (C=O) groups is 2. The molecule has 0 radical (unpaired) electrons. The molecule has 1 fully saturated rings. The van der Waals surface area contributed by atoms with Crippen LogP contribution in [0.5, 0.6) is 11.5 Å². The lowest BCUT2D eigenvalue weighted by Gasteiger charge is -2.26. The molecule has 2 aromatic carbocycles. The third kappa shape index (κ3) is 5.27. The van der Waals surface area contributed by atoms with E-state index in [1.165, 1.54) is 41.6 Å². The van der Waals surface area contributed by atoms with Gasteiger partial charge < -0.3 is 24.3 Å². The lowest BCUT2D eigenvalue weighted by molar-refractivity contribution is -0.123. The Morgan fingerprint density at radius 1 is 1.00 bits per heavy atom. The first kappa shape index (κ1) is 23.0. The van der Waals surface area contributed by atoms with Crippen molar-refractivity contribution in [1.82, 2.24) is 4.31 Å². The Balaban J connectivity index is 1.40. The normalized spacial score (nSPS) is 17.1. The van der Waals surface area contributed by atoms with Gasteiger partial charge >= 0.3 is 5.97 Å². The fraction of sp³-hybridized carbons (Fsp3) is 0.364. The molecule has 2 heterocycles. The van der Waals surface area contributed by atoms with Crippen LogP contribution in [0, 0.1) is 0 Å². The quantitative estimate of drug-likeness (QED) is 0.625. The van der Waals surface area contributed by atoms with Crippen LogP contribution in [0.15, 0.2) is 47.4 Å². The fourth-order valence-electron chi connectivity index (χ4n) is 3.37. The van der Waals surface area contributed by atoms with Gasteiger partial charge in [-0.05, 0) is 43.3 Å². The van der Waals surface area contributed by atoms with Gasteiger partial charge in [0, 0.05) is 18.8 Å². The Hall–Kier alpha value is -3.15. The molecule has 2 aromatic rings. The molecule has 1 saturated heterocycles. The molecule has 2 aliphatic heterocycles. The molecule has 10 nitrogen and oxygen atoms in total. The van der Waals surface area contributed by atoms with E-state index >= 15 is 0 Å². The first-order valence-corrected chi connectivity index (χ1v) is 11.9. The van der Waals surface area contributed by atoms with Crippen LogP contribution in [0.4, 0.5) is 5.69 Å². The summed E-state index contributed by atoms with van der Waals surface area (Å²) in [5.74, 6) is -0.318. The van der Waals surface area contributed by atoms with Gasteiger partial charge in [0.1, 0.15) is 13.2 Å². The SMILES string of the molecule is C[C@H](OC(=O)c1ccc2c(c1)OCCO2)C(=O)Nc1cccc(S(=O)(=O)N2CCOCC2)c1. The van der Waals surface area contributed by atoms with Crippen molar-refractivity contribution >= 4 is 27.6 Å². The van der Waals surface area contributed by atoms with E-state index in [4.69, 9.17) is 18.9 Å². The molecular formula is C22H24N2O8S. The summed E-state index contributed by atoms with van der Waals surface area (Å²) >= 11 is 0. The fourth-order valence-corrected chi connectivity index (χ4v) is 4.82. The van der Waals surface area contributed by atoms with Gasteiger partial charge in [0.05, 0.1) is 23.7 Å². The predicted octanol–water partition coefficient (Wildman–Crippen LogP) is 1.66. The smallest absolute Gasteiger partial charge is 0.339 e. The highest BCUT2D eigenvalue weighted by atomic mass is 32.2. The molecule has 176 valence electrons. The number of nitrogens with zero attached hydrogens (tertiary/aromatic N) is 1. The summed E-state index contributed by atoms with van der Waals surface area (Å²) in [6.07, 6.45) is -1.12. The Kier molecular flexibility index (Phi) is 6.82. The Labute approximate surface area is 191 Å². The van der Waals surface area contributed by atoms with E-state index in [0.29, 0.717) is 37.9 Å². The van der Waals surface area contributed by atoms with Gasteiger partial charge in [0.25, 0.3) is 5.91 Å². The maximum absolute atomic E-state index is 12.8. The van der Waals surface area contributed by atoms with Crippen LogP contribution in [0.1, 0.15) is 17.3 Å². The zero-order valence-electron chi connectivity index (χ0n) is 18.0. The zero-order chi connectivity index (χ0) is 23.4. The summed E-state index contributed by atoms with van der Waals surface area (Å²) in [5.41, 5.74) is 0.495. The molecule has 1 amide bonds. The number of rotatable bonds is 6. The summed E-state index contributed by atoms with van der Waals surface area (Å²) in [7, 11) is -3.71. The summed E-state index contributed by atoms with van der Waals surface area (Å²) < 4.78 is 48.4. The number of sulfonamides is 1. The van der Waals surface area contributed by atoms with Crippen molar-refractivity contribution in [1.29, 1.82) is 0 Å².